The first-order valence-electron chi connectivity index (χ1n) is 7.40. The maximum Gasteiger partial charge on any atom is 0.267 e. The third-order valence-electron chi connectivity index (χ3n) is 3.87. The summed E-state index contributed by atoms with van der Waals surface area (Å²) >= 11 is 1.35. The Hall–Kier alpha value is -1.30. The molecular formula is C14H24N4OS. The van der Waals surface area contributed by atoms with E-state index in [4.69, 9.17) is 5.73 Å². The third kappa shape index (κ3) is 3.42. The summed E-state index contributed by atoms with van der Waals surface area (Å²) in [6, 6.07) is 0.342. The minimum Gasteiger partial charge on any atom is -0.382 e. The lowest BCUT2D eigenvalue weighted by atomic mass is 10.1. The number of carbonyl (C=O) groups excluding carboxylic acids is 1. The largest absolute Gasteiger partial charge is 0.382 e. The lowest BCUT2D eigenvalue weighted by Crippen LogP contribution is -2.36. The van der Waals surface area contributed by atoms with Crippen LogP contribution >= 0.6 is 11.3 Å². The Kier molecular flexibility index (Phi) is 5.23. The van der Waals surface area contributed by atoms with Crippen molar-refractivity contribution in [3.8, 4) is 0 Å². The first-order valence-corrected chi connectivity index (χ1v) is 8.22. The van der Waals surface area contributed by atoms with Crippen molar-refractivity contribution < 1.29 is 4.79 Å². The number of amides is 1. The summed E-state index contributed by atoms with van der Waals surface area (Å²) in [5, 5.41) is 3.83. The van der Waals surface area contributed by atoms with E-state index in [0.29, 0.717) is 16.7 Å². The minimum absolute atomic E-state index is 0.0102. The Balaban J connectivity index is 2.09. The molecular weight excluding hydrogens is 272 g/mol. The third-order valence-corrected chi connectivity index (χ3v) is 4.89. The first-order chi connectivity index (χ1) is 9.63. The van der Waals surface area contributed by atoms with E-state index in [0.717, 1.165) is 24.5 Å². The molecule has 0 unspecified atom stereocenters. The van der Waals surface area contributed by atoms with Crippen LogP contribution in [0.15, 0.2) is 0 Å². The molecule has 1 aromatic heterocycles. The Morgan fingerprint density at radius 3 is 2.65 bits per heavy atom. The number of hydrogen-bond donors (Lipinski definition) is 2. The molecule has 1 aliphatic carbocycles. The zero-order valence-corrected chi connectivity index (χ0v) is 13.1. The van der Waals surface area contributed by atoms with Crippen LogP contribution in [0.2, 0.25) is 0 Å². The number of nitrogen functional groups attached to an aromatic ring is 1. The van der Waals surface area contributed by atoms with Gasteiger partial charge in [0.15, 0.2) is 5.13 Å². The minimum atomic E-state index is 0.0102. The molecule has 20 heavy (non-hydrogen) atoms. The molecule has 1 aromatic rings. The van der Waals surface area contributed by atoms with Crippen LogP contribution in [0.4, 0.5) is 10.9 Å². The molecule has 0 atom stereocenters. The van der Waals surface area contributed by atoms with E-state index in [1.54, 1.807) is 0 Å². The molecule has 6 heteroatoms. The Labute approximate surface area is 124 Å². The fourth-order valence-corrected chi connectivity index (χ4v) is 3.62. The van der Waals surface area contributed by atoms with Crippen molar-refractivity contribution >= 4 is 28.2 Å². The van der Waals surface area contributed by atoms with E-state index in [1.165, 1.54) is 37.0 Å². The van der Waals surface area contributed by atoms with Gasteiger partial charge in [-0.05, 0) is 19.8 Å². The molecule has 0 aromatic carbocycles. The van der Waals surface area contributed by atoms with Crippen molar-refractivity contribution in [3.05, 3.63) is 4.88 Å². The van der Waals surface area contributed by atoms with E-state index in [9.17, 15) is 4.79 Å². The molecule has 3 N–H and O–H groups in total. The zero-order chi connectivity index (χ0) is 14.5. The number of aromatic nitrogens is 1. The molecule has 112 valence electrons. The number of rotatable bonds is 4. The zero-order valence-electron chi connectivity index (χ0n) is 12.3. The highest BCUT2D eigenvalue weighted by Gasteiger charge is 2.25. The molecule has 1 heterocycles. The number of carbonyl (C=O) groups is 1. The summed E-state index contributed by atoms with van der Waals surface area (Å²) < 4.78 is 0. The highest BCUT2D eigenvalue weighted by atomic mass is 32.1. The van der Waals surface area contributed by atoms with Gasteiger partial charge in [0, 0.05) is 19.6 Å². The average Bonchev–Trinajstić information content (AvgIpc) is 2.67. The second-order valence-corrected chi connectivity index (χ2v) is 6.32. The van der Waals surface area contributed by atoms with Crippen LogP contribution in [0.25, 0.3) is 0 Å². The number of nitrogens with two attached hydrogens (primary N) is 1. The number of anilines is 2. The predicted octanol–water partition coefficient (Wildman–Crippen LogP) is 2.95. The average molecular weight is 296 g/mol. The molecule has 0 radical (unpaired) electrons. The molecule has 0 saturated heterocycles. The number of nitrogens with one attached hydrogen (secondary N) is 1. The van der Waals surface area contributed by atoms with Crippen LogP contribution in [-0.2, 0) is 0 Å². The van der Waals surface area contributed by atoms with Gasteiger partial charge in [-0.3, -0.25) is 4.79 Å². The van der Waals surface area contributed by atoms with Gasteiger partial charge in [0.1, 0.15) is 10.7 Å². The van der Waals surface area contributed by atoms with Gasteiger partial charge in [-0.1, -0.05) is 37.0 Å². The van der Waals surface area contributed by atoms with Crippen LogP contribution in [0.5, 0.6) is 0 Å². The number of hydrogen-bond acceptors (Lipinski definition) is 5. The van der Waals surface area contributed by atoms with Gasteiger partial charge in [-0.2, -0.15) is 0 Å². The molecule has 0 bridgehead atoms. The quantitative estimate of drug-likeness (QED) is 0.838. The molecule has 1 saturated carbocycles. The van der Waals surface area contributed by atoms with Crippen LogP contribution < -0.4 is 11.1 Å². The van der Waals surface area contributed by atoms with Crippen LogP contribution in [0.1, 0.15) is 55.1 Å². The molecule has 0 spiro atoms. The second kappa shape index (κ2) is 6.92. The lowest BCUT2D eigenvalue weighted by Gasteiger charge is -2.26. The van der Waals surface area contributed by atoms with Crippen molar-refractivity contribution in [2.24, 2.45) is 0 Å². The van der Waals surface area contributed by atoms with E-state index in [2.05, 4.69) is 10.3 Å². The van der Waals surface area contributed by atoms with E-state index in [1.807, 2.05) is 18.9 Å². The van der Waals surface area contributed by atoms with E-state index >= 15 is 0 Å². The summed E-state index contributed by atoms with van der Waals surface area (Å²) in [4.78, 5) is 19.2. The van der Waals surface area contributed by atoms with Gasteiger partial charge >= 0.3 is 0 Å². The van der Waals surface area contributed by atoms with Crippen molar-refractivity contribution in [1.29, 1.82) is 0 Å². The van der Waals surface area contributed by atoms with Gasteiger partial charge in [0.25, 0.3) is 5.91 Å². The fraction of sp³-hybridized carbons (Fsp3) is 0.714. The second-order valence-electron chi connectivity index (χ2n) is 5.33. The van der Waals surface area contributed by atoms with Crippen molar-refractivity contribution in [2.45, 2.75) is 51.5 Å². The van der Waals surface area contributed by atoms with Crippen LogP contribution in [0.3, 0.4) is 0 Å². The normalized spacial score (nSPS) is 16.7. The summed E-state index contributed by atoms with van der Waals surface area (Å²) in [5.41, 5.74) is 5.88. The molecule has 1 amide bonds. The monoisotopic (exact) mass is 296 g/mol. The topological polar surface area (TPSA) is 71.2 Å². The molecule has 1 fully saturated rings. The van der Waals surface area contributed by atoms with Crippen molar-refractivity contribution in [1.82, 2.24) is 9.88 Å². The van der Waals surface area contributed by atoms with Crippen molar-refractivity contribution in [3.63, 3.8) is 0 Å². The smallest absolute Gasteiger partial charge is 0.267 e. The van der Waals surface area contributed by atoms with Gasteiger partial charge in [-0.15, -0.1) is 0 Å². The molecule has 0 aliphatic heterocycles. The summed E-state index contributed by atoms with van der Waals surface area (Å²) in [6.07, 6.45) is 7.19. The Bertz CT molecular complexity index is 452. The van der Waals surface area contributed by atoms with Crippen molar-refractivity contribution in [2.75, 3.05) is 24.6 Å². The SMILES string of the molecule is CCNc1nc(N)c(C(=O)N(C)C2CCCCCC2)s1. The van der Waals surface area contributed by atoms with Gasteiger partial charge in [-0.25, -0.2) is 4.98 Å². The number of thiazole rings is 1. The maximum absolute atomic E-state index is 12.6. The summed E-state index contributed by atoms with van der Waals surface area (Å²) in [7, 11) is 1.89. The molecule has 2 rings (SSSR count). The molecule has 1 aliphatic rings. The summed E-state index contributed by atoms with van der Waals surface area (Å²) in [5.74, 6) is 0.354. The highest BCUT2D eigenvalue weighted by molar-refractivity contribution is 7.18. The standard InChI is InChI=1S/C14H24N4OS/c1-3-16-14-17-12(15)11(20-14)13(19)18(2)10-8-6-4-5-7-9-10/h10H,3-9,15H2,1-2H3,(H,16,17). The van der Waals surface area contributed by atoms with Gasteiger partial charge < -0.3 is 16.0 Å². The fourth-order valence-electron chi connectivity index (χ4n) is 2.68. The van der Waals surface area contributed by atoms with E-state index < -0.39 is 0 Å². The first kappa shape index (κ1) is 15.1. The molecule has 5 nitrogen and oxygen atoms in total. The van der Waals surface area contributed by atoms with Crippen LogP contribution in [-0.4, -0.2) is 35.4 Å². The predicted molar refractivity (Wildman–Crippen MR) is 84.3 cm³/mol. The lowest BCUT2D eigenvalue weighted by molar-refractivity contribution is 0.0723. The Morgan fingerprint density at radius 2 is 2.05 bits per heavy atom. The summed E-state index contributed by atoms with van der Waals surface area (Å²) in [6.45, 7) is 2.77. The number of nitrogens with zero attached hydrogens (tertiary/aromatic N) is 2. The highest BCUT2D eigenvalue weighted by Crippen LogP contribution is 2.28. The Morgan fingerprint density at radius 1 is 1.40 bits per heavy atom. The van der Waals surface area contributed by atoms with Gasteiger partial charge in [0.2, 0.25) is 0 Å². The van der Waals surface area contributed by atoms with E-state index in [-0.39, 0.29) is 5.91 Å². The van der Waals surface area contributed by atoms with Crippen LogP contribution in [0, 0.1) is 0 Å². The van der Waals surface area contributed by atoms with Gasteiger partial charge in [0.05, 0.1) is 0 Å². The maximum atomic E-state index is 12.6.